The van der Waals surface area contributed by atoms with Gasteiger partial charge in [0.05, 0.1) is 12.1 Å². The van der Waals surface area contributed by atoms with Gasteiger partial charge in [-0.15, -0.1) is 0 Å². The van der Waals surface area contributed by atoms with Gasteiger partial charge >= 0.3 is 6.03 Å². The molecule has 0 fully saturated rings. The Morgan fingerprint density at radius 3 is 2.78 bits per heavy atom. The van der Waals surface area contributed by atoms with E-state index in [-0.39, 0.29) is 6.61 Å². The molecule has 1 rings (SSSR count). The standard InChI is InChI=1S/C13H19FN2O2/c1-3-7-13(2,9-17)16-12(18)15-11-6-4-5-10(14)8-11/h4-6,8,17H,3,7,9H2,1-2H3,(H2,15,16,18). The monoisotopic (exact) mass is 254 g/mol. The van der Waals surface area contributed by atoms with E-state index >= 15 is 0 Å². The molecule has 1 atom stereocenters. The molecule has 100 valence electrons. The second kappa shape index (κ2) is 6.35. The van der Waals surface area contributed by atoms with Crippen LogP contribution in [0.1, 0.15) is 26.7 Å². The minimum Gasteiger partial charge on any atom is -0.394 e. The predicted molar refractivity (Wildman–Crippen MR) is 69.0 cm³/mol. The largest absolute Gasteiger partial charge is 0.394 e. The quantitative estimate of drug-likeness (QED) is 0.756. The average molecular weight is 254 g/mol. The summed E-state index contributed by atoms with van der Waals surface area (Å²) < 4.78 is 12.9. The molecule has 0 spiro atoms. The molecule has 1 aromatic carbocycles. The zero-order valence-electron chi connectivity index (χ0n) is 10.7. The third-order valence-electron chi connectivity index (χ3n) is 2.65. The van der Waals surface area contributed by atoms with Crippen molar-refractivity contribution in [2.24, 2.45) is 0 Å². The minimum absolute atomic E-state index is 0.141. The molecule has 0 aliphatic heterocycles. The average Bonchev–Trinajstić information content (AvgIpc) is 2.29. The number of anilines is 1. The van der Waals surface area contributed by atoms with Crippen LogP contribution >= 0.6 is 0 Å². The van der Waals surface area contributed by atoms with E-state index in [2.05, 4.69) is 10.6 Å². The van der Waals surface area contributed by atoms with Crippen LogP contribution in [0.25, 0.3) is 0 Å². The first kappa shape index (κ1) is 14.4. The van der Waals surface area contributed by atoms with Crippen LogP contribution < -0.4 is 10.6 Å². The van der Waals surface area contributed by atoms with Crippen LogP contribution in [0.5, 0.6) is 0 Å². The predicted octanol–water partition coefficient (Wildman–Crippen LogP) is 2.50. The Hall–Kier alpha value is -1.62. The van der Waals surface area contributed by atoms with Crippen LogP contribution in [0.3, 0.4) is 0 Å². The number of hydrogen-bond donors (Lipinski definition) is 3. The van der Waals surface area contributed by atoms with Gasteiger partial charge in [0, 0.05) is 5.69 Å². The molecular formula is C13H19FN2O2. The lowest BCUT2D eigenvalue weighted by atomic mass is 9.98. The van der Waals surface area contributed by atoms with E-state index in [9.17, 15) is 14.3 Å². The Morgan fingerprint density at radius 2 is 2.22 bits per heavy atom. The number of aliphatic hydroxyl groups excluding tert-OH is 1. The number of carbonyl (C=O) groups excluding carboxylic acids is 1. The third kappa shape index (κ3) is 4.33. The van der Waals surface area contributed by atoms with Crippen LogP contribution in [0.15, 0.2) is 24.3 Å². The van der Waals surface area contributed by atoms with Crippen molar-refractivity contribution in [3.05, 3.63) is 30.1 Å². The zero-order valence-corrected chi connectivity index (χ0v) is 10.7. The number of aliphatic hydroxyl groups is 1. The van der Waals surface area contributed by atoms with E-state index in [1.54, 1.807) is 13.0 Å². The van der Waals surface area contributed by atoms with Gasteiger partial charge in [-0.2, -0.15) is 0 Å². The fourth-order valence-electron chi connectivity index (χ4n) is 1.74. The Balaban J connectivity index is 2.61. The highest BCUT2D eigenvalue weighted by Gasteiger charge is 2.24. The van der Waals surface area contributed by atoms with Crippen molar-refractivity contribution in [3.8, 4) is 0 Å². The molecule has 4 nitrogen and oxygen atoms in total. The van der Waals surface area contributed by atoms with Crippen molar-refractivity contribution < 1.29 is 14.3 Å². The molecule has 3 N–H and O–H groups in total. The van der Waals surface area contributed by atoms with Gasteiger partial charge < -0.3 is 15.7 Å². The van der Waals surface area contributed by atoms with Gasteiger partial charge in [-0.25, -0.2) is 9.18 Å². The van der Waals surface area contributed by atoms with E-state index in [4.69, 9.17) is 0 Å². The molecule has 0 bridgehead atoms. The van der Waals surface area contributed by atoms with Gasteiger partial charge in [-0.05, 0) is 31.5 Å². The maximum absolute atomic E-state index is 12.9. The highest BCUT2D eigenvalue weighted by Crippen LogP contribution is 2.13. The van der Waals surface area contributed by atoms with Gasteiger partial charge in [-0.3, -0.25) is 0 Å². The van der Waals surface area contributed by atoms with Crippen LogP contribution in [0, 0.1) is 5.82 Å². The third-order valence-corrected chi connectivity index (χ3v) is 2.65. The van der Waals surface area contributed by atoms with E-state index in [0.29, 0.717) is 12.1 Å². The molecule has 0 radical (unpaired) electrons. The Morgan fingerprint density at radius 1 is 1.50 bits per heavy atom. The van der Waals surface area contributed by atoms with Gasteiger partial charge in [0.1, 0.15) is 5.82 Å². The fourth-order valence-corrected chi connectivity index (χ4v) is 1.74. The second-order valence-corrected chi connectivity index (χ2v) is 4.56. The topological polar surface area (TPSA) is 61.4 Å². The Kier molecular flexibility index (Phi) is 5.09. The normalized spacial score (nSPS) is 13.8. The summed E-state index contributed by atoms with van der Waals surface area (Å²) in [7, 11) is 0. The van der Waals surface area contributed by atoms with Crippen molar-refractivity contribution in [3.63, 3.8) is 0 Å². The number of hydrogen-bond acceptors (Lipinski definition) is 2. The molecule has 2 amide bonds. The molecule has 1 aromatic rings. The van der Waals surface area contributed by atoms with Gasteiger partial charge in [0.15, 0.2) is 0 Å². The van der Waals surface area contributed by atoms with Gasteiger partial charge in [-0.1, -0.05) is 19.4 Å². The molecule has 0 heterocycles. The Labute approximate surface area is 106 Å². The van der Waals surface area contributed by atoms with Crippen molar-refractivity contribution in [1.82, 2.24) is 5.32 Å². The summed E-state index contributed by atoms with van der Waals surface area (Å²) in [6, 6.07) is 5.19. The summed E-state index contributed by atoms with van der Waals surface area (Å²) in [5.74, 6) is -0.411. The molecule has 0 saturated heterocycles. The first-order valence-corrected chi connectivity index (χ1v) is 5.94. The number of urea groups is 1. The number of amides is 2. The molecule has 5 heteroatoms. The maximum Gasteiger partial charge on any atom is 0.319 e. The lowest BCUT2D eigenvalue weighted by Crippen LogP contribution is -2.50. The summed E-state index contributed by atoms with van der Waals surface area (Å²) >= 11 is 0. The first-order chi connectivity index (χ1) is 8.49. The highest BCUT2D eigenvalue weighted by molar-refractivity contribution is 5.89. The summed E-state index contributed by atoms with van der Waals surface area (Å²) in [5.41, 5.74) is -0.282. The molecule has 0 aliphatic carbocycles. The van der Waals surface area contributed by atoms with E-state index in [1.165, 1.54) is 18.2 Å². The number of carbonyl (C=O) groups is 1. The number of benzene rings is 1. The van der Waals surface area contributed by atoms with Crippen LogP contribution in [0.4, 0.5) is 14.9 Å². The summed E-state index contributed by atoms with van der Waals surface area (Å²) in [6.45, 7) is 3.60. The summed E-state index contributed by atoms with van der Waals surface area (Å²) in [6.07, 6.45) is 1.51. The number of halogens is 1. The molecular weight excluding hydrogens is 235 g/mol. The number of nitrogens with one attached hydrogen (secondary N) is 2. The van der Waals surface area contributed by atoms with E-state index in [0.717, 1.165) is 6.42 Å². The fraction of sp³-hybridized carbons (Fsp3) is 0.462. The number of rotatable bonds is 5. The molecule has 18 heavy (non-hydrogen) atoms. The highest BCUT2D eigenvalue weighted by atomic mass is 19.1. The molecule has 0 aromatic heterocycles. The van der Waals surface area contributed by atoms with E-state index in [1.807, 2.05) is 6.92 Å². The van der Waals surface area contributed by atoms with E-state index < -0.39 is 17.4 Å². The van der Waals surface area contributed by atoms with Crippen molar-refractivity contribution in [2.75, 3.05) is 11.9 Å². The minimum atomic E-state index is -0.661. The lowest BCUT2D eigenvalue weighted by molar-refractivity contribution is 0.167. The van der Waals surface area contributed by atoms with Crippen molar-refractivity contribution >= 4 is 11.7 Å². The van der Waals surface area contributed by atoms with Crippen LogP contribution in [0.2, 0.25) is 0 Å². The van der Waals surface area contributed by atoms with Crippen molar-refractivity contribution in [2.45, 2.75) is 32.2 Å². The van der Waals surface area contributed by atoms with Crippen LogP contribution in [-0.4, -0.2) is 23.3 Å². The lowest BCUT2D eigenvalue weighted by Gasteiger charge is -2.28. The smallest absolute Gasteiger partial charge is 0.319 e. The molecule has 1 unspecified atom stereocenters. The Bertz CT molecular complexity index is 412. The SMILES string of the molecule is CCCC(C)(CO)NC(=O)Nc1cccc(F)c1. The summed E-state index contributed by atoms with van der Waals surface area (Å²) in [4.78, 5) is 11.7. The van der Waals surface area contributed by atoms with Crippen LogP contribution in [-0.2, 0) is 0 Å². The van der Waals surface area contributed by atoms with Gasteiger partial charge in [0.25, 0.3) is 0 Å². The summed E-state index contributed by atoms with van der Waals surface area (Å²) in [5, 5.41) is 14.5. The molecule has 0 aliphatic rings. The second-order valence-electron chi connectivity index (χ2n) is 4.56. The zero-order chi connectivity index (χ0) is 13.6. The van der Waals surface area contributed by atoms with Crippen molar-refractivity contribution in [1.29, 1.82) is 0 Å². The molecule has 0 saturated carbocycles. The maximum atomic E-state index is 12.9. The first-order valence-electron chi connectivity index (χ1n) is 5.94. The van der Waals surface area contributed by atoms with Gasteiger partial charge in [0.2, 0.25) is 0 Å².